The van der Waals surface area contributed by atoms with E-state index < -0.39 is 5.60 Å². The van der Waals surface area contributed by atoms with Crippen LogP contribution >= 0.6 is 24.0 Å². The van der Waals surface area contributed by atoms with Crippen molar-refractivity contribution in [3.8, 4) is 0 Å². The van der Waals surface area contributed by atoms with Crippen LogP contribution in [-0.4, -0.2) is 36.7 Å². The second kappa shape index (κ2) is 10.3. The van der Waals surface area contributed by atoms with Gasteiger partial charge in [-0.05, 0) is 60.3 Å². The van der Waals surface area contributed by atoms with Gasteiger partial charge in [0, 0.05) is 19.1 Å². The summed E-state index contributed by atoms with van der Waals surface area (Å²) in [7, 11) is 0. The molecule has 1 saturated carbocycles. The molecule has 2 N–H and O–H groups in total. The number of nitrogens with one attached hydrogen (secondary N) is 2. The Labute approximate surface area is 152 Å². The lowest BCUT2D eigenvalue weighted by molar-refractivity contribution is -0.161. The number of ether oxygens (including phenoxy) is 1. The molecule has 0 unspecified atom stereocenters. The van der Waals surface area contributed by atoms with Crippen molar-refractivity contribution in [3.63, 3.8) is 0 Å². The summed E-state index contributed by atoms with van der Waals surface area (Å²) >= 11 is 0. The largest absolute Gasteiger partial charge is 0.460 e. The number of halogens is 1. The second-order valence-corrected chi connectivity index (χ2v) is 6.58. The lowest BCUT2D eigenvalue weighted by Gasteiger charge is -2.31. The summed E-state index contributed by atoms with van der Waals surface area (Å²) in [5, 5.41) is 6.70. The average molecular weight is 425 g/mol. The highest BCUT2D eigenvalue weighted by molar-refractivity contribution is 14.0. The molecule has 6 heteroatoms. The molecule has 0 aromatic rings. The monoisotopic (exact) mass is 425 g/mol. The van der Waals surface area contributed by atoms with Crippen LogP contribution < -0.4 is 10.6 Å². The van der Waals surface area contributed by atoms with Gasteiger partial charge in [0.15, 0.2) is 5.96 Å². The highest BCUT2D eigenvalue weighted by Gasteiger charge is 2.30. The third kappa shape index (κ3) is 8.19. The van der Waals surface area contributed by atoms with Gasteiger partial charge in [0.2, 0.25) is 0 Å². The van der Waals surface area contributed by atoms with Crippen LogP contribution in [0.5, 0.6) is 0 Å². The van der Waals surface area contributed by atoms with Gasteiger partial charge >= 0.3 is 5.97 Å². The normalized spacial score (nSPS) is 22.5. The van der Waals surface area contributed by atoms with Crippen LogP contribution in [0.4, 0.5) is 0 Å². The van der Waals surface area contributed by atoms with Crippen LogP contribution in [0.2, 0.25) is 0 Å². The molecule has 0 bridgehead atoms. The summed E-state index contributed by atoms with van der Waals surface area (Å²) < 4.78 is 5.48. The van der Waals surface area contributed by atoms with E-state index in [1.807, 2.05) is 27.7 Å². The Morgan fingerprint density at radius 2 is 1.77 bits per heavy atom. The zero-order chi connectivity index (χ0) is 15.9. The summed E-state index contributed by atoms with van der Waals surface area (Å²) in [4.78, 5) is 16.5. The van der Waals surface area contributed by atoms with E-state index in [9.17, 15) is 4.79 Å². The number of esters is 1. The van der Waals surface area contributed by atoms with Gasteiger partial charge in [-0.2, -0.15) is 0 Å². The van der Waals surface area contributed by atoms with Crippen molar-refractivity contribution in [2.24, 2.45) is 10.9 Å². The Morgan fingerprint density at radius 1 is 1.18 bits per heavy atom. The Balaban J connectivity index is 0.00000441. The summed E-state index contributed by atoms with van der Waals surface area (Å²) in [6, 6.07) is 0.396. The fraction of sp³-hybridized carbons (Fsp3) is 0.875. The van der Waals surface area contributed by atoms with Gasteiger partial charge in [-0.1, -0.05) is 0 Å². The number of rotatable bonds is 4. The molecule has 1 fully saturated rings. The Bertz CT molecular complexity index is 359. The zero-order valence-electron chi connectivity index (χ0n) is 14.6. The molecule has 0 amide bonds. The molecule has 22 heavy (non-hydrogen) atoms. The molecule has 1 rings (SSSR count). The topological polar surface area (TPSA) is 62.7 Å². The molecule has 1 aliphatic carbocycles. The van der Waals surface area contributed by atoms with Crippen molar-refractivity contribution in [2.75, 3.05) is 13.1 Å². The SMILES string of the molecule is CCN=C(NCC)NC1CCC(C(=O)OC(C)(C)C)CC1.I. The fourth-order valence-corrected chi connectivity index (χ4v) is 2.53. The molecule has 0 atom stereocenters. The van der Waals surface area contributed by atoms with E-state index in [2.05, 4.69) is 22.5 Å². The quantitative estimate of drug-likeness (QED) is 0.315. The van der Waals surface area contributed by atoms with Crippen molar-refractivity contribution >= 4 is 35.9 Å². The minimum absolute atomic E-state index is 0. The predicted octanol–water partition coefficient (Wildman–Crippen LogP) is 3.08. The number of guanidine groups is 1. The molecule has 0 aromatic heterocycles. The van der Waals surface area contributed by atoms with Gasteiger partial charge in [0.05, 0.1) is 5.92 Å². The Hall–Kier alpha value is -0.530. The van der Waals surface area contributed by atoms with E-state index in [1.54, 1.807) is 0 Å². The van der Waals surface area contributed by atoms with Crippen molar-refractivity contribution in [1.82, 2.24) is 10.6 Å². The predicted molar refractivity (Wildman–Crippen MR) is 102 cm³/mol. The molecular formula is C16H32IN3O2. The molecule has 1 aliphatic rings. The maximum absolute atomic E-state index is 12.1. The molecule has 0 heterocycles. The average Bonchev–Trinajstić information content (AvgIpc) is 2.38. The molecule has 130 valence electrons. The smallest absolute Gasteiger partial charge is 0.309 e. The van der Waals surface area contributed by atoms with Crippen LogP contribution in [0.1, 0.15) is 60.3 Å². The van der Waals surface area contributed by atoms with E-state index in [4.69, 9.17) is 4.74 Å². The van der Waals surface area contributed by atoms with E-state index in [0.717, 1.165) is 44.7 Å². The van der Waals surface area contributed by atoms with Gasteiger partial charge in [-0.3, -0.25) is 9.79 Å². The van der Waals surface area contributed by atoms with Crippen LogP contribution in [0.25, 0.3) is 0 Å². The number of carbonyl (C=O) groups excluding carboxylic acids is 1. The molecule has 0 radical (unpaired) electrons. The van der Waals surface area contributed by atoms with Crippen molar-refractivity contribution in [1.29, 1.82) is 0 Å². The van der Waals surface area contributed by atoms with Crippen LogP contribution in [0, 0.1) is 5.92 Å². The fourth-order valence-electron chi connectivity index (χ4n) is 2.53. The number of nitrogens with zero attached hydrogens (tertiary/aromatic N) is 1. The van der Waals surface area contributed by atoms with Crippen LogP contribution in [0.3, 0.4) is 0 Å². The van der Waals surface area contributed by atoms with Crippen molar-refractivity contribution in [3.05, 3.63) is 0 Å². The summed E-state index contributed by atoms with van der Waals surface area (Å²) in [6.45, 7) is 11.5. The first-order chi connectivity index (χ1) is 9.85. The van der Waals surface area contributed by atoms with Crippen molar-refractivity contribution in [2.45, 2.75) is 71.9 Å². The zero-order valence-corrected chi connectivity index (χ0v) is 16.9. The third-order valence-electron chi connectivity index (χ3n) is 3.47. The highest BCUT2D eigenvalue weighted by atomic mass is 127. The van der Waals surface area contributed by atoms with Gasteiger partial charge in [-0.25, -0.2) is 0 Å². The highest BCUT2D eigenvalue weighted by Crippen LogP contribution is 2.26. The Kier molecular flexibility index (Phi) is 10.0. The first-order valence-corrected chi connectivity index (χ1v) is 8.13. The first kappa shape index (κ1) is 21.5. The van der Waals surface area contributed by atoms with E-state index in [-0.39, 0.29) is 35.9 Å². The number of aliphatic imine (C=N–C) groups is 1. The Morgan fingerprint density at radius 3 is 2.23 bits per heavy atom. The van der Waals surface area contributed by atoms with Crippen molar-refractivity contribution < 1.29 is 9.53 Å². The number of hydrogen-bond acceptors (Lipinski definition) is 3. The van der Waals surface area contributed by atoms with Crippen LogP contribution in [0.15, 0.2) is 4.99 Å². The van der Waals surface area contributed by atoms with E-state index in [1.165, 1.54) is 0 Å². The van der Waals surface area contributed by atoms with E-state index in [0.29, 0.717) is 6.04 Å². The maximum atomic E-state index is 12.1. The minimum atomic E-state index is -0.391. The molecule has 0 aliphatic heterocycles. The molecular weight excluding hydrogens is 393 g/mol. The number of hydrogen-bond donors (Lipinski definition) is 2. The second-order valence-electron chi connectivity index (χ2n) is 6.58. The van der Waals surface area contributed by atoms with E-state index >= 15 is 0 Å². The minimum Gasteiger partial charge on any atom is -0.460 e. The van der Waals surface area contributed by atoms with Gasteiger partial charge in [0.1, 0.15) is 5.60 Å². The summed E-state index contributed by atoms with van der Waals surface area (Å²) in [6.07, 6.45) is 3.74. The molecule has 0 saturated heterocycles. The lowest BCUT2D eigenvalue weighted by Crippen LogP contribution is -2.45. The van der Waals surface area contributed by atoms with Gasteiger partial charge < -0.3 is 15.4 Å². The summed E-state index contributed by atoms with van der Waals surface area (Å²) in [5.41, 5.74) is -0.391. The standard InChI is InChI=1S/C16H31N3O2.HI/c1-6-17-15(18-7-2)19-13-10-8-12(9-11-13)14(20)21-16(3,4)5;/h12-13H,6-11H2,1-5H3,(H2,17,18,19);1H. The van der Waals surface area contributed by atoms with Gasteiger partial charge in [0.25, 0.3) is 0 Å². The molecule has 0 spiro atoms. The molecule has 0 aromatic carbocycles. The first-order valence-electron chi connectivity index (χ1n) is 8.13. The third-order valence-corrected chi connectivity index (χ3v) is 3.47. The molecule has 5 nitrogen and oxygen atoms in total. The lowest BCUT2D eigenvalue weighted by atomic mass is 9.86. The van der Waals surface area contributed by atoms with Crippen LogP contribution in [-0.2, 0) is 9.53 Å². The summed E-state index contributed by atoms with van der Waals surface area (Å²) in [5.74, 6) is 0.878. The maximum Gasteiger partial charge on any atom is 0.309 e. The van der Waals surface area contributed by atoms with Gasteiger partial charge in [-0.15, -0.1) is 24.0 Å². The number of carbonyl (C=O) groups is 1.